The summed E-state index contributed by atoms with van der Waals surface area (Å²) in [7, 11) is 0. The first kappa shape index (κ1) is 15.3. The van der Waals surface area contributed by atoms with Gasteiger partial charge in [-0.3, -0.25) is 4.79 Å². The van der Waals surface area contributed by atoms with E-state index >= 15 is 0 Å². The van der Waals surface area contributed by atoms with Gasteiger partial charge < -0.3 is 5.32 Å². The number of nitrogens with one attached hydrogen (secondary N) is 2. The molecule has 3 aromatic rings. The molecule has 2 aromatic carbocycles. The first-order valence-electron chi connectivity index (χ1n) is 6.53. The highest BCUT2D eigenvalue weighted by atomic mass is 32.1. The maximum Gasteiger partial charge on any atom is 0.416 e. The molecule has 1 aromatic heterocycles. The fraction of sp³-hybridized carbons (Fsp3) is 0.0667. The molecule has 0 aliphatic carbocycles. The van der Waals surface area contributed by atoms with Crippen LogP contribution in [0.3, 0.4) is 0 Å². The van der Waals surface area contributed by atoms with Crippen LogP contribution in [0.25, 0.3) is 10.6 Å². The summed E-state index contributed by atoms with van der Waals surface area (Å²) in [6, 6.07) is 11.9. The van der Waals surface area contributed by atoms with E-state index in [1.54, 1.807) is 30.3 Å². The van der Waals surface area contributed by atoms with Crippen LogP contribution in [0.2, 0.25) is 0 Å². The second kappa shape index (κ2) is 5.88. The van der Waals surface area contributed by atoms with E-state index in [1.165, 1.54) is 6.07 Å². The van der Waals surface area contributed by atoms with Crippen LogP contribution in [0.5, 0.6) is 0 Å². The lowest BCUT2D eigenvalue weighted by molar-refractivity contribution is -0.137. The lowest BCUT2D eigenvalue weighted by atomic mass is 10.1. The molecule has 0 fully saturated rings. The minimum atomic E-state index is -4.40. The lowest BCUT2D eigenvalue weighted by Gasteiger charge is -2.12. The van der Waals surface area contributed by atoms with Crippen LogP contribution in [0.1, 0.15) is 5.56 Å². The minimum absolute atomic E-state index is 0.297. The number of H-pyrrole nitrogens is 1. The van der Waals surface area contributed by atoms with Gasteiger partial charge in [0.1, 0.15) is 0 Å². The quantitative estimate of drug-likeness (QED) is 0.751. The Morgan fingerprint density at radius 3 is 2.57 bits per heavy atom. The summed E-state index contributed by atoms with van der Waals surface area (Å²) in [6.07, 6.45) is -4.40. The van der Waals surface area contributed by atoms with E-state index in [-0.39, 0.29) is 4.87 Å². The van der Waals surface area contributed by atoms with Gasteiger partial charge in [0, 0.05) is 16.9 Å². The van der Waals surface area contributed by atoms with Crippen molar-refractivity contribution in [2.24, 2.45) is 0 Å². The number of anilines is 2. The van der Waals surface area contributed by atoms with E-state index in [1.807, 2.05) is 0 Å². The molecule has 0 amide bonds. The maximum absolute atomic E-state index is 12.8. The van der Waals surface area contributed by atoms with Crippen molar-refractivity contribution >= 4 is 22.7 Å². The highest BCUT2D eigenvalue weighted by Crippen LogP contribution is 2.33. The van der Waals surface area contributed by atoms with E-state index in [9.17, 15) is 18.0 Å². The number of hydrogen-bond donors (Lipinski definition) is 2. The summed E-state index contributed by atoms with van der Waals surface area (Å²) in [4.78, 5) is 10.9. The molecule has 23 heavy (non-hydrogen) atoms. The number of hydrogen-bond acceptors (Lipinski definition) is 4. The van der Waals surface area contributed by atoms with Crippen molar-refractivity contribution in [1.82, 2.24) is 10.2 Å². The van der Waals surface area contributed by atoms with Crippen LogP contribution < -0.4 is 10.2 Å². The van der Waals surface area contributed by atoms with Crippen molar-refractivity contribution in [1.29, 1.82) is 0 Å². The summed E-state index contributed by atoms with van der Waals surface area (Å²) in [5.74, 6) is 0. The van der Waals surface area contributed by atoms with Gasteiger partial charge in [0.15, 0.2) is 5.01 Å². The Hall–Kier alpha value is -2.61. The first-order chi connectivity index (χ1) is 10.9. The third kappa shape index (κ3) is 3.42. The second-order valence-corrected chi connectivity index (χ2v) is 5.63. The minimum Gasteiger partial charge on any atom is -0.355 e. The Morgan fingerprint density at radius 1 is 1.09 bits per heavy atom. The van der Waals surface area contributed by atoms with Crippen molar-refractivity contribution in [3.05, 3.63) is 63.8 Å². The zero-order valence-electron chi connectivity index (χ0n) is 11.5. The van der Waals surface area contributed by atoms with Crippen molar-refractivity contribution in [2.45, 2.75) is 6.18 Å². The highest BCUT2D eigenvalue weighted by molar-refractivity contribution is 7.12. The second-order valence-electron chi connectivity index (χ2n) is 4.67. The van der Waals surface area contributed by atoms with Gasteiger partial charge in [-0.25, -0.2) is 5.10 Å². The van der Waals surface area contributed by atoms with Crippen LogP contribution in [-0.2, 0) is 6.18 Å². The molecule has 0 bridgehead atoms. The Kier molecular flexibility index (Phi) is 3.91. The molecule has 0 radical (unpaired) electrons. The monoisotopic (exact) mass is 337 g/mol. The number of aromatic nitrogens is 2. The standard InChI is InChI=1S/C15H10F3N3OS/c16-15(17,18)9-4-3-5-10(8-9)19-12-7-2-1-6-11(12)13-20-21-14(22)23-13/h1-8,19H,(H,21,22). The average Bonchev–Trinajstić information content (AvgIpc) is 2.94. The molecular formula is C15H10F3N3OS. The van der Waals surface area contributed by atoms with Crippen LogP contribution in [0.4, 0.5) is 24.5 Å². The molecule has 0 atom stereocenters. The van der Waals surface area contributed by atoms with Crippen molar-refractivity contribution in [3.63, 3.8) is 0 Å². The molecule has 2 N–H and O–H groups in total. The fourth-order valence-corrected chi connectivity index (χ4v) is 2.70. The third-order valence-corrected chi connectivity index (χ3v) is 3.85. The summed E-state index contributed by atoms with van der Waals surface area (Å²) < 4.78 is 38.3. The Balaban J connectivity index is 1.97. The average molecular weight is 337 g/mol. The van der Waals surface area contributed by atoms with Gasteiger partial charge in [-0.1, -0.05) is 29.5 Å². The molecule has 118 valence electrons. The number of benzene rings is 2. The number of aromatic amines is 1. The molecule has 0 spiro atoms. The van der Waals surface area contributed by atoms with E-state index < -0.39 is 11.7 Å². The number of para-hydroxylation sites is 1. The van der Waals surface area contributed by atoms with Gasteiger partial charge in [0.25, 0.3) is 0 Å². The van der Waals surface area contributed by atoms with Gasteiger partial charge in [0.05, 0.1) is 5.56 Å². The fourth-order valence-electron chi connectivity index (χ4n) is 2.05. The maximum atomic E-state index is 12.8. The normalized spacial score (nSPS) is 11.4. The predicted octanol–water partition coefficient (Wildman–Crippen LogP) is 4.26. The summed E-state index contributed by atoms with van der Waals surface area (Å²) in [6.45, 7) is 0. The highest BCUT2D eigenvalue weighted by Gasteiger charge is 2.30. The number of rotatable bonds is 3. The van der Waals surface area contributed by atoms with Gasteiger partial charge in [0.2, 0.25) is 0 Å². The lowest BCUT2D eigenvalue weighted by Crippen LogP contribution is -2.05. The zero-order chi connectivity index (χ0) is 16.4. The molecule has 3 rings (SSSR count). The van der Waals surface area contributed by atoms with E-state index in [4.69, 9.17) is 0 Å². The Morgan fingerprint density at radius 2 is 1.87 bits per heavy atom. The molecular weight excluding hydrogens is 327 g/mol. The molecule has 0 saturated heterocycles. The zero-order valence-corrected chi connectivity index (χ0v) is 12.3. The van der Waals surface area contributed by atoms with Crippen LogP contribution in [-0.4, -0.2) is 10.2 Å². The van der Waals surface area contributed by atoms with E-state index in [2.05, 4.69) is 15.5 Å². The molecule has 0 saturated carbocycles. The van der Waals surface area contributed by atoms with Gasteiger partial charge >= 0.3 is 11.0 Å². The van der Waals surface area contributed by atoms with E-state index in [0.717, 1.165) is 23.5 Å². The number of alkyl halides is 3. The topological polar surface area (TPSA) is 57.8 Å². The third-order valence-electron chi connectivity index (χ3n) is 3.06. The summed E-state index contributed by atoms with van der Waals surface area (Å²) in [5, 5.41) is 9.64. The summed E-state index contributed by atoms with van der Waals surface area (Å²) >= 11 is 0.931. The smallest absolute Gasteiger partial charge is 0.355 e. The van der Waals surface area contributed by atoms with Gasteiger partial charge in [-0.05, 0) is 30.3 Å². The van der Waals surface area contributed by atoms with E-state index in [0.29, 0.717) is 21.9 Å². The molecule has 8 heteroatoms. The molecule has 0 aliphatic heterocycles. The largest absolute Gasteiger partial charge is 0.416 e. The number of nitrogens with zero attached hydrogens (tertiary/aromatic N) is 1. The van der Waals surface area contributed by atoms with Gasteiger partial charge in [-0.15, -0.1) is 0 Å². The first-order valence-corrected chi connectivity index (χ1v) is 7.34. The Bertz CT molecular complexity index is 886. The van der Waals surface area contributed by atoms with Gasteiger partial charge in [-0.2, -0.15) is 18.3 Å². The molecule has 0 unspecified atom stereocenters. The van der Waals surface area contributed by atoms with Crippen LogP contribution in [0, 0.1) is 0 Å². The summed E-state index contributed by atoms with van der Waals surface area (Å²) in [5.41, 5.74) is 0.766. The van der Waals surface area contributed by atoms with Crippen molar-refractivity contribution in [3.8, 4) is 10.6 Å². The number of halogens is 3. The molecule has 4 nitrogen and oxygen atoms in total. The van der Waals surface area contributed by atoms with Crippen LogP contribution >= 0.6 is 11.3 Å². The van der Waals surface area contributed by atoms with Crippen molar-refractivity contribution in [2.75, 3.05) is 5.32 Å². The molecule has 1 heterocycles. The van der Waals surface area contributed by atoms with Crippen LogP contribution in [0.15, 0.2) is 53.3 Å². The van der Waals surface area contributed by atoms with Crippen molar-refractivity contribution < 1.29 is 13.2 Å². The Labute approximate surface area is 132 Å². The molecule has 0 aliphatic rings. The SMILES string of the molecule is O=c1[nH]nc(-c2ccccc2Nc2cccc(C(F)(F)F)c2)s1. The predicted molar refractivity (Wildman–Crippen MR) is 82.9 cm³/mol.